The number of nitrogens with two attached hydrogens (primary N) is 1. The van der Waals surface area contributed by atoms with E-state index in [1.54, 1.807) is 19.1 Å². The van der Waals surface area contributed by atoms with Crippen LogP contribution in [0.15, 0.2) is 0 Å². The van der Waals surface area contributed by atoms with Gasteiger partial charge in [-0.1, -0.05) is 0 Å². The van der Waals surface area contributed by atoms with Crippen LogP contribution in [-0.2, 0) is 14.3 Å². The molecule has 1 atom stereocenters. The van der Waals surface area contributed by atoms with E-state index in [1.165, 1.54) is 0 Å². The summed E-state index contributed by atoms with van der Waals surface area (Å²) in [5.41, 5.74) is 4.97. The fourth-order valence-electron chi connectivity index (χ4n) is 2.38. The smallest absolute Gasteiger partial charge is 0.236 e. The Labute approximate surface area is 108 Å². The van der Waals surface area contributed by atoms with Crippen LogP contribution >= 0.6 is 0 Å². The first-order valence-electron chi connectivity index (χ1n) is 6.30. The van der Waals surface area contributed by atoms with Crippen molar-refractivity contribution in [1.82, 2.24) is 10.2 Å². The van der Waals surface area contributed by atoms with Crippen molar-refractivity contribution in [3.63, 3.8) is 0 Å². The fraction of sp³-hybridized carbons (Fsp3) is 0.833. The molecule has 2 amide bonds. The molecule has 0 saturated carbocycles. The zero-order chi connectivity index (χ0) is 13.6. The average Bonchev–Trinajstić information content (AvgIpc) is 2.44. The zero-order valence-corrected chi connectivity index (χ0v) is 11.2. The number of piperidine rings is 1. The second kappa shape index (κ2) is 6.70. The molecule has 0 bridgehead atoms. The molecule has 1 fully saturated rings. The largest absolute Gasteiger partial charge is 0.376 e. The number of hydrogen-bond donors (Lipinski definition) is 2. The summed E-state index contributed by atoms with van der Waals surface area (Å²) in [5.74, 6) is -0.0650. The van der Waals surface area contributed by atoms with Gasteiger partial charge in [0.1, 0.15) is 0 Å². The number of carbonyl (C=O) groups excluding carboxylic acids is 2. The molecule has 1 saturated heterocycles. The van der Waals surface area contributed by atoms with Crippen molar-refractivity contribution in [2.45, 2.75) is 31.3 Å². The van der Waals surface area contributed by atoms with E-state index in [4.69, 9.17) is 10.5 Å². The van der Waals surface area contributed by atoms with Crippen LogP contribution in [0, 0.1) is 0 Å². The van der Waals surface area contributed by atoms with Crippen LogP contribution < -0.4 is 11.1 Å². The highest BCUT2D eigenvalue weighted by Crippen LogP contribution is 2.29. The monoisotopic (exact) mass is 257 g/mol. The van der Waals surface area contributed by atoms with Crippen LogP contribution in [0.4, 0.5) is 0 Å². The topological polar surface area (TPSA) is 84.7 Å². The molecule has 6 heteroatoms. The summed E-state index contributed by atoms with van der Waals surface area (Å²) in [6, 6.07) is 0. The molecule has 1 rings (SSSR count). The van der Waals surface area contributed by atoms with Gasteiger partial charge < -0.3 is 20.7 Å². The van der Waals surface area contributed by atoms with Crippen LogP contribution in [0.5, 0.6) is 0 Å². The summed E-state index contributed by atoms with van der Waals surface area (Å²) in [5, 5.41) is 2.60. The van der Waals surface area contributed by atoms with Crippen LogP contribution in [0.3, 0.4) is 0 Å². The van der Waals surface area contributed by atoms with Crippen molar-refractivity contribution in [3.8, 4) is 0 Å². The van der Waals surface area contributed by atoms with Crippen molar-refractivity contribution < 1.29 is 14.3 Å². The number of methoxy groups -OCH3 is 1. The quantitative estimate of drug-likeness (QED) is 0.694. The summed E-state index contributed by atoms with van der Waals surface area (Å²) in [4.78, 5) is 24.7. The maximum absolute atomic E-state index is 11.6. The lowest BCUT2D eigenvalue weighted by molar-refractivity contribution is -0.140. The van der Waals surface area contributed by atoms with Gasteiger partial charge in [0.2, 0.25) is 11.8 Å². The second-order valence-corrected chi connectivity index (χ2v) is 4.68. The van der Waals surface area contributed by atoms with Crippen LogP contribution in [0.2, 0.25) is 0 Å². The van der Waals surface area contributed by atoms with E-state index in [9.17, 15) is 9.59 Å². The number of hydrogen-bond acceptors (Lipinski definition) is 4. The van der Waals surface area contributed by atoms with E-state index < -0.39 is 5.60 Å². The standard InChI is InChI=1S/C12H23N3O3/c1-14-10(16)4-6-12(18-2)5-3-7-15(9-12)11(17)8-13/h3-9,13H2,1-2H3,(H,14,16)/t12-/m1/s1. The lowest BCUT2D eigenvalue weighted by atomic mass is 9.87. The van der Waals surface area contributed by atoms with Gasteiger partial charge in [0.05, 0.1) is 12.1 Å². The van der Waals surface area contributed by atoms with E-state index in [1.807, 2.05) is 0 Å². The minimum Gasteiger partial charge on any atom is -0.376 e. The molecule has 0 aromatic heterocycles. The molecule has 1 aliphatic heterocycles. The van der Waals surface area contributed by atoms with Gasteiger partial charge >= 0.3 is 0 Å². The Morgan fingerprint density at radius 2 is 2.22 bits per heavy atom. The highest BCUT2D eigenvalue weighted by molar-refractivity contribution is 5.78. The lowest BCUT2D eigenvalue weighted by Gasteiger charge is -2.41. The molecule has 0 radical (unpaired) electrons. The van der Waals surface area contributed by atoms with Gasteiger partial charge in [0.25, 0.3) is 0 Å². The number of nitrogens with one attached hydrogen (secondary N) is 1. The van der Waals surface area contributed by atoms with Crippen LogP contribution in [-0.4, -0.2) is 56.1 Å². The molecule has 0 aliphatic carbocycles. The second-order valence-electron chi connectivity index (χ2n) is 4.68. The molecule has 18 heavy (non-hydrogen) atoms. The van der Waals surface area contributed by atoms with Crippen LogP contribution in [0.1, 0.15) is 25.7 Å². The van der Waals surface area contributed by atoms with E-state index in [-0.39, 0.29) is 18.4 Å². The first-order valence-corrected chi connectivity index (χ1v) is 6.30. The first-order chi connectivity index (χ1) is 8.56. The number of rotatable bonds is 5. The SMILES string of the molecule is CNC(=O)CC[C@]1(OC)CCCN(C(=O)CN)C1. The van der Waals surface area contributed by atoms with Gasteiger partial charge in [-0.2, -0.15) is 0 Å². The predicted molar refractivity (Wildman–Crippen MR) is 67.9 cm³/mol. The highest BCUT2D eigenvalue weighted by Gasteiger charge is 2.37. The van der Waals surface area contributed by atoms with Crippen molar-refractivity contribution in [2.75, 3.05) is 33.8 Å². The lowest BCUT2D eigenvalue weighted by Crippen LogP contribution is -2.53. The van der Waals surface area contributed by atoms with Crippen molar-refractivity contribution in [3.05, 3.63) is 0 Å². The molecule has 3 N–H and O–H groups in total. The first kappa shape index (κ1) is 14.9. The number of likely N-dealkylation sites (tertiary alicyclic amines) is 1. The molecule has 104 valence electrons. The normalized spacial score (nSPS) is 23.8. The number of ether oxygens (including phenoxy) is 1. The summed E-state index contributed by atoms with van der Waals surface area (Å²) >= 11 is 0. The number of amides is 2. The third kappa shape index (κ3) is 3.68. The van der Waals surface area contributed by atoms with Crippen molar-refractivity contribution >= 4 is 11.8 Å². The van der Waals surface area contributed by atoms with Gasteiger partial charge in [-0.15, -0.1) is 0 Å². The molecule has 1 heterocycles. The summed E-state index contributed by atoms with van der Waals surface area (Å²) in [7, 11) is 3.26. The van der Waals surface area contributed by atoms with Gasteiger partial charge in [0.15, 0.2) is 0 Å². The summed E-state index contributed by atoms with van der Waals surface area (Å²) < 4.78 is 5.58. The Morgan fingerprint density at radius 3 is 2.78 bits per heavy atom. The molecule has 0 unspecified atom stereocenters. The molecule has 0 aromatic carbocycles. The van der Waals surface area contributed by atoms with E-state index in [0.717, 1.165) is 19.4 Å². The third-order valence-corrected chi connectivity index (χ3v) is 3.59. The average molecular weight is 257 g/mol. The molecular formula is C12H23N3O3. The molecular weight excluding hydrogens is 234 g/mol. The zero-order valence-electron chi connectivity index (χ0n) is 11.2. The molecule has 6 nitrogen and oxygen atoms in total. The Morgan fingerprint density at radius 1 is 1.50 bits per heavy atom. The Hall–Kier alpha value is -1.14. The maximum Gasteiger partial charge on any atom is 0.236 e. The summed E-state index contributed by atoms with van der Waals surface area (Å²) in [6.45, 7) is 1.27. The van der Waals surface area contributed by atoms with Crippen molar-refractivity contribution in [1.29, 1.82) is 0 Å². The van der Waals surface area contributed by atoms with E-state index >= 15 is 0 Å². The van der Waals surface area contributed by atoms with Gasteiger partial charge in [-0.25, -0.2) is 0 Å². The Bertz CT molecular complexity index is 309. The molecule has 0 aromatic rings. The van der Waals surface area contributed by atoms with Gasteiger partial charge in [-0.05, 0) is 19.3 Å². The van der Waals surface area contributed by atoms with Gasteiger partial charge in [-0.3, -0.25) is 9.59 Å². The van der Waals surface area contributed by atoms with Crippen molar-refractivity contribution in [2.24, 2.45) is 5.73 Å². The number of nitrogens with zero attached hydrogens (tertiary/aromatic N) is 1. The van der Waals surface area contributed by atoms with Gasteiger partial charge in [0, 0.05) is 33.7 Å². The van der Waals surface area contributed by atoms with E-state index in [2.05, 4.69) is 5.32 Å². The number of carbonyl (C=O) groups is 2. The fourth-order valence-corrected chi connectivity index (χ4v) is 2.38. The Kier molecular flexibility index (Phi) is 5.55. The minimum atomic E-state index is -0.407. The minimum absolute atomic E-state index is 0.00583. The third-order valence-electron chi connectivity index (χ3n) is 3.59. The predicted octanol–water partition coefficient (Wildman–Crippen LogP) is -0.521. The Balaban J connectivity index is 2.62. The molecule has 1 aliphatic rings. The van der Waals surface area contributed by atoms with Crippen LogP contribution in [0.25, 0.3) is 0 Å². The van der Waals surface area contributed by atoms with E-state index in [0.29, 0.717) is 19.4 Å². The molecule has 0 spiro atoms. The summed E-state index contributed by atoms with van der Waals surface area (Å²) in [6.07, 6.45) is 2.79. The maximum atomic E-state index is 11.6. The highest BCUT2D eigenvalue weighted by atomic mass is 16.5.